The van der Waals surface area contributed by atoms with Gasteiger partial charge in [-0.2, -0.15) is 13.2 Å². The second-order valence-corrected chi connectivity index (χ2v) is 7.12. The molecule has 1 amide bonds. The van der Waals surface area contributed by atoms with Gasteiger partial charge in [0.15, 0.2) is 11.5 Å². The van der Waals surface area contributed by atoms with Crippen LogP contribution in [0.2, 0.25) is 0 Å². The molecule has 0 bridgehead atoms. The number of hydrogen-bond acceptors (Lipinski definition) is 5. The maximum atomic E-state index is 13.0. The summed E-state index contributed by atoms with van der Waals surface area (Å²) in [4.78, 5) is 16.2. The van der Waals surface area contributed by atoms with E-state index in [1.165, 1.54) is 12.1 Å². The molecule has 1 aliphatic rings. The SMILES string of the molecule is O=C(Nc1ccccc1)c1ccc(N2CCN(c3cccc(C(F)(F)F)c3)CC2)nn1. The van der Waals surface area contributed by atoms with Gasteiger partial charge in [0.05, 0.1) is 5.56 Å². The minimum Gasteiger partial charge on any atom is -0.368 e. The van der Waals surface area contributed by atoms with Gasteiger partial charge in [-0.3, -0.25) is 4.79 Å². The molecule has 1 saturated heterocycles. The van der Waals surface area contributed by atoms with E-state index in [1.54, 1.807) is 30.3 Å². The minimum absolute atomic E-state index is 0.204. The van der Waals surface area contributed by atoms with Crippen molar-refractivity contribution in [2.24, 2.45) is 0 Å². The van der Waals surface area contributed by atoms with Gasteiger partial charge < -0.3 is 15.1 Å². The molecule has 0 saturated carbocycles. The first-order chi connectivity index (χ1) is 14.9. The van der Waals surface area contributed by atoms with Crippen molar-refractivity contribution >= 4 is 23.1 Å². The Hall–Kier alpha value is -3.62. The van der Waals surface area contributed by atoms with E-state index in [1.807, 2.05) is 28.0 Å². The Morgan fingerprint density at radius 1 is 0.839 bits per heavy atom. The Labute approximate surface area is 177 Å². The molecule has 31 heavy (non-hydrogen) atoms. The molecule has 1 aromatic heterocycles. The molecule has 160 valence electrons. The summed E-state index contributed by atoms with van der Waals surface area (Å²) in [6, 6.07) is 17.8. The van der Waals surface area contributed by atoms with E-state index in [2.05, 4.69) is 15.5 Å². The van der Waals surface area contributed by atoms with Crippen LogP contribution in [0.1, 0.15) is 16.1 Å². The molecule has 6 nitrogen and oxygen atoms in total. The molecule has 3 aromatic rings. The predicted molar refractivity (Wildman–Crippen MR) is 112 cm³/mol. The van der Waals surface area contributed by atoms with Crippen LogP contribution in [-0.4, -0.2) is 42.3 Å². The Morgan fingerprint density at radius 3 is 2.19 bits per heavy atom. The molecule has 1 N–H and O–H groups in total. The summed E-state index contributed by atoms with van der Waals surface area (Å²) in [6.07, 6.45) is -4.36. The van der Waals surface area contributed by atoms with E-state index < -0.39 is 11.7 Å². The highest BCUT2D eigenvalue weighted by molar-refractivity contribution is 6.02. The normalized spacial score (nSPS) is 14.4. The number of para-hydroxylation sites is 1. The molecule has 9 heteroatoms. The van der Waals surface area contributed by atoms with Crippen molar-refractivity contribution in [3.8, 4) is 0 Å². The van der Waals surface area contributed by atoms with Gasteiger partial charge in [0.2, 0.25) is 0 Å². The van der Waals surface area contributed by atoms with E-state index in [0.29, 0.717) is 43.4 Å². The van der Waals surface area contributed by atoms with Crippen LogP contribution in [0.15, 0.2) is 66.7 Å². The average Bonchev–Trinajstić information content (AvgIpc) is 2.79. The first kappa shape index (κ1) is 20.6. The summed E-state index contributed by atoms with van der Waals surface area (Å²) < 4.78 is 38.9. The third-order valence-electron chi connectivity index (χ3n) is 5.06. The van der Waals surface area contributed by atoms with Crippen molar-refractivity contribution < 1.29 is 18.0 Å². The number of rotatable bonds is 4. The number of anilines is 3. The molecule has 0 spiro atoms. The number of alkyl halides is 3. The zero-order valence-electron chi connectivity index (χ0n) is 16.5. The fraction of sp³-hybridized carbons (Fsp3) is 0.227. The van der Waals surface area contributed by atoms with Gasteiger partial charge in [0.1, 0.15) is 0 Å². The minimum atomic E-state index is -4.36. The predicted octanol–water partition coefficient (Wildman–Crippen LogP) is 4.07. The van der Waals surface area contributed by atoms with Crippen molar-refractivity contribution in [2.45, 2.75) is 6.18 Å². The van der Waals surface area contributed by atoms with E-state index in [9.17, 15) is 18.0 Å². The second-order valence-electron chi connectivity index (χ2n) is 7.12. The van der Waals surface area contributed by atoms with Gasteiger partial charge in [0.25, 0.3) is 5.91 Å². The molecule has 1 aliphatic heterocycles. The summed E-state index contributed by atoms with van der Waals surface area (Å²) in [7, 11) is 0. The molecule has 0 aliphatic carbocycles. The number of nitrogens with one attached hydrogen (secondary N) is 1. The van der Waals surface area contributed by atoms with Gasteiger partial charge in [-0.1, -0.05) is 24.3 Å². The van der Waals surface area contributed by atoms with Crippen molar-refractivity contribution in [1.29, 1.82) is 0 Å². The Bertz CT molecular complexity index is 1030. The first-order valence-electron chi connectivity index (χ1n) is 9.77. The molecule has 0 unspecified atom stereocenters. The number of piperazine rings is 1. The number of benzene rings is 2. The van der Waals surface area contributed by atoms with Crippen LogP contribution in [-0.2, 0) is 6.18 Å². The van der Waals surface area contributed by atoms with Crippen molar-refractivity contribution in [1.82, 2.24) is 10.2 Å². The van der Waals surface area contributed by atoms with Crippen molar-refractivity contribution in [3.05, 3.63) is 78.0 Å². The lowest BCUT2D eigenvalue weighted by molar-refractivity contribution is -0.137. The van der Waals surface area contributed by atoms with Crippen LogP contribution in [0.25, 0.3) is 0 Å². The van der Waals surface area contributed by atoms with Crippen LogP contribution in [0, 0.1) is 0 Å². The number of nitrogens with zero attached hydrogens (tertiary/aromatic N) is 4. The number of carbonyl (C=O) groups excluding carboxylic acids is 1. The van der Waals surface area contributed by atoms with Crippen molar-refractivity contribution in [2.75, 3.05) is 41.3 Å². The lowest BCUT2D eigenvalue weighted by Gasteiger charge is -2.36. The molecule has 2 aromatic carbocycles. The van der Waals surface area contributed by atoms with E-state index in [4.69, 9.17) is 0 Å². The number of halogens is 3. The fourth-order valence-corrected chi connectivity index (χ4v) is 3.40. The maximum Gasteiger partial charge on any atom is 0.416 e. The summed E-state index contributed by atoms with van der Waals surface area (Å²) in [6.45, 7) is 2.28. The maximum absolute atomic E-state index is 13.0. The van der Waals surface area contributed by atoms with Crippen LogP contribution >= 0.6 is 0 Å². The Balaban J connectivity index is 1.36. The second kappa shape index (κ2) is 8.63. The summed E-state index contributed by atoms with van der Waals surface area (Å²) >= 11 is 0. The van der Waals surface area contributed by atoms with Gasteiger partial charge in [-0.05, 0) is 42.5 Å². The smallest absolute Gasteiger partial charge is 0.368 e. The largest absolute Gasteiger partial charge is 0.416 e. The van der Waals surface area contributed by atoms with E-state index >= 15 is 0 Å². The van der Waals surface area contributed by atoms with Crippen LogP contribution in [0.4, 0.5) is 30.4 Å². The Kier molecular flexibility index (Phi) is 5.75. The van der Waals surface area contributed by atoms with Crippen LogP contribution in [0.5, 0.6) is 0 Å². The summed E-state index contributed by atoms with van der Waals surface area (Å²) in [5.74, 6) is 0.277. The molecular formula is C22H20F3N5O. The van der Waals surface area contributed by atoms with Crippen LogP contribution < -0.4 is 15.1 Å². The first-order valence-corrected chi connectivity index (χ1v) is 9.77. The topological polar surface area (TPSA) is 61.4 Å². The number of amides is 1. The Morgan fingerprint density at radius 2 is 1.55 bits per heavy atom. The number of aromatic nitrogens is 2. The highest BCUT2D eigenvalue weighted by Crippen LogP contribution is 2.32. The lowest BCUT2D eigenvalue weighted by atomic mass is 10.1. The number of carbonyl (C=O) groups is 1. The van der Waals surface area contributed by atoms with Gasteiger partial charge in [-0.15, -0.1) is 10.2 Å². The van der Waals surface area contributed by atoms with Gasteiger partial charge in [-0.25, -0.2) is 0 Å². The zero-order chi connectivity index (χ0) is 21.8. The van der Waals surface area contributed by atoms with Crippen LogP contribution in [0.3, 0.4) is 0 Å². The third kappa shape index (κ3) is 4.93. The number of hydrogen-bond donors (Lipinski definition) is 1. The van der Waals surface area contributed by atoms with Crippen molar-refractivity contribution in [3.63, 3.8) is 0 Å². The molecule has 0 radical (unpaired) electrons. The summed E-state index contributed by atoms with van der Waals surface area (Å²) in [5.41, 5.74) is 0.774. The monoisotopic (exact) mass is 427 g/mol. The molecule has 1 fully saturated rings. The lowest BCUT2D eigenvalue weighted by Crippen LogP contribution is -2.47. The van der Waals surface area contributed by atoms with E-state index in [-0.39, 0.29) is 11.6 Å². The van der Waals surface area contributed by atoms with Gasteiger partial charge in [0, 0.05) is 37.6 Å². The highest BCUT2D eigenvalue weighted by atomic mass is 19.4. The quantitative estimate of drug-likeness (QED) is 0.680. The average molecular weight is 427 g/mol. The fourth-order valence-electron chi connectivity index (χ4n) is 3.40. The standard InChI is InChI=1S/C22H20F3N5O/c23-22(24,25)16-5-4-8-18(15-16)29-11-13-30(14-12-29)20-10-9-19(27-28-20)21(31)26-17-6-2-1-3-7-17/h1-10,15H,11-14H2,(H,26,31). The zero-order valence-corrected chi connectivity index (χ0v) is 16.5. The molecule has 0 atom stereocenters. The summed E-state index contributed by atoms with van der Waals surface area (Å²) in [5, 5.41) is 10.9. The molecule has 2 heterocycles. The third-order valence-corrected chi connectivity index (χ3v) is 5.06. The highest BCUT2D eigenvalue weighted by Gasteiger charge is 2.31. The van der Waals surface area contributed by atoms with E-state index in [0.717, 1.165) is 6.07 Å². The molecule has 4 rings (SSSR count). The van der Waals surface area contributed by atoms with Gasteiger partial charge >= 0.3 is 6.18 Å². The molecular weight excluding hydrogens is 407 g/mol.